The van der Waals surface area contributed by atoms with Crippen LogP contribution in [-0.2, 0) is 22.6 Å². The number of amides is 1. The van der Waals surface area contributed by atoms with Gasteiger partial charge in [0.25, 0.3) is 0 Å². The van der Waals surface area contributed by atoms with E-state index in [0.717, 1.165) is 0 Å². The van der Waals surface area contributed by atoms with E-state index >= 15 is 0 Å². The number of Topliss-reactive ketones (excluding diaryl/α,β-unsaturated/α-hetero) is 2. The van der Waals surface area contributed by atoms with Crippen molar-refractivity contribution in [2.75, 3.05) is 6.61 Å². The summed E-state index contributed by atoms with van der Waals surface area (Å²) < 4.78 is 12.3. The second kappa shape index (κ2) is 6.01. The molecule has 6 N–H and O–H groups in total. The molecule has 2 aliphatic rings. The zero-order chi connectivity index (χ0) is 18.5. The van der Waals surface area contributed by atoms with E-state index in [1.54, 1.807) is 4.57 Å². The van der Waals surface area contributed by atoms with Crippen LogP contribution in [0, 0.1) is 0 Å². The SMILES string of the molecule is CCO[C@@H]1c2c(COC(N)=O)c3c(n2C[C@@H]1N)C(=O)C(C)=C(N)C3=O. The number of nitrogens with two attached hydrogens (primary N) is 3. The molecular weight excluding hydrogens is 328 g/mol. The molecule has 1 aromatic rings. The highest BCUT2D eigenvalue weighted by Gasteiger charge is 2.44. The van der Waals surface area contributed by atoms with Gasteiger partial charge >= 0.3 is 6.09 Å². The Morgan fingerprint density at radius 3 is 2.60 bits per heavy atom. The second-order valence-electron chi connectivity index (χ2n) is 6.04. The number of fused-ring (bicyclic) bond motifs is 3. The number of ketones is 2. The fourth-order valence-corrected chi connectivity index (χ4v) is 3.47. The van der Waals surface area contributed by atoms with Crippen LogP contribution in [0.15, 0.2) is 11.3 Å². The van der Waals surface area contributed by atoms with Gasteiger partial charge in [-0.2, -0.15) is 0 Å². The lowest BCUT2D eigenvalue weighted by atomic mass is 9.89. The van der Waals surface area contributed by atoms with Crippen molar-refractivity contribution in [1.82, 2.24) is 4.57 Å². The van der Waals surface area contributed by atoms with E-state index in [-0.39, 0.29) is 41.0 Å². The van der Waals surface area contributed by atoms with Gasteiger partial charge in [-0.1, -0.05) is 0 Å². The Balaban J connectivity index is 2.23. The average Bonchev–Trinajstić information content (AvgIpc) is 3.03. The Hall–Kier alpha value is -2.65. The highest BCUT2D eigenvalue weighted by Crippen LogP contribution is 2.40. The topological polar surface area (TPSA) is 153 Å². The van der Waals surface area contributed by atoms with Gasteiger partial charge < -0.3 is 31.2 Å². The Bertz CT molecular complexity index is 823. The predicted octanol–water partition coefficient (Wildman–Crippen LogP) is 0.114. The number of allylic oxidation sites excluding steroid dienone is 2. The van der Waals surface area contributed by atoms with Crippen LogP contribution in [0.25, 0.3) is 0 Å². The van der Waals surface area contributed by atoms with Crippen molar-refractivity contribution < 1.29 is 23.9 Å². The summed E-state index contributed by atoms with van der Waals surface area (Å²) in [5.74, 6) is -0.816. The minimum atomic E-state index is -0.988. The third-order valence-corrected chi connectivity index (χ3v) is 4.60. The van der Waals surface area contributed by atoms with Gasteiger partial charge in [-0.15, -0.1) is 0 Å². The van der Waals surface area contributed by atoms with Crippen LogP contribution in [0.5, 0.6) is 0 Å². The minimum absolute atomic E-state index is 0.112. The van der Waals surface area contributed by atoms with E-state index in [9.17, 15) is 14.4 Å². The molecule has 1 aliphatic carbocycles. The summed E-state index contributed by atoms with van der Waals surface area (Å²) in [4.78, 5) is 36.5. The van der Waals surface area contributed by atoms with Crippen LogP contribution in [0.3, 0.4) is 0 Å². The van der Waals surface area contributed by atoms with Crippen molar-refractivity contribution in [3.05, 3.63) is 33.8 Å². The first-order chi connectivity index (χ1) is 11.8. The van der Waals surface area contributed by atoms with Gasteiger partial charge in [0.2, 0.25) is 11.6 Å². The summed E-state index contributed by atoms with van der Waals surface area (Å²) in [5, 5.41) is 0. The number of hydrogen-bond donors (Lipinski definition) is 3. The maximum Gasteiger partial charge on any atom is 0.404 e. The molecule has 134 valence electrons. The molecule has 0 spiro atoms. The third kappa shape index (κ3) is 2.43. The lowest BCUT2D eigenvalue weighted by molar-refractivity contribution is 0.0501. The summed E-state index contributed by atoms with van der Waals surface area (Å²) in [7, 11) is 0. The monoisotopic (exact) mass is 348 g/mol. The van der Waals surface area contributed by atoms with E-state index in [1.165, 1.54) is 6.92 Å². The van der Waals surface area contributed by atoms with Crippen LogP contribution in [0.4, 0.5) is 4.79 Å². The van der Waals surface area contributed by atoms with Gasteiger partial charge in [0, 0.05) is 24.3 Å². The summed E-state index contributed by atoms with van der Waals surface area (Å²) in [6, 6.07) is -0.390. The van der Waals surface area contributed by atoms with Gasteiger partial charge in [0.15, 0.2) is 0 Å². The summed E-state index contributed by atoms with van der Waals surface area (Å²) in [6.45, 7) is 3.77. The lowest BCUT2D eigenvalue weighted by Crippen LogP contribution is -2.31. The minimum Gasteiger partial charge on any atom is -0.445 e. The maximum atomic E-state index is 12.7. The van der Waals surface area contributed by atoms with Crippen LogP contribution in [0.1, 0.15) is 52.1 Å². The van der Waals surface area contributed by atoms with Crippen LogP contribution >= 0.6 is 0 Å². The molecule has 25 heavy (non-hydrogen) atoms. The number of nitrogens with zero attached hydrogens (tertiary/aromatic N) is 1. The maximum absolute atomic E-state index is 12.7. The summed E-state index contributed by atoms with van der Waals surface area (Å²) in [6.07, 6.45) is -1.51. The Morgan fingerprint density at radius 2 is 2.00 bits per heavy atom. The molecule has 9 nitrogen and oxygen atoms in total. The van der Waals surface area contributed by atoms with Gasteiger partial charge in [0.05, 0.1) is 23.0 Å². The first kappa shape index (κ1) is 17.2. The molecule has 0 aromatic carbocycles. The lowest BCUT2D eigenvalue weighted by Gasteiger charge is -2.19. The van der Waals surface area contributed by atoms with Crippen molar-refractivity contribution >= 4 is 17.7 Å². The van der Waals surface area contributed by atoms with Crippen molar-refractivity contribution in [3.63, 3.8) is 0 Å². The van der Waals surface area contributed by atoms with Crippen LogP contribution < -0.4 is 17.2 Å². The number of aromatic nitrogens is 1. The predicted molar refractivity (Wildman–Crippen MR) is 86.7 cm³/mol. The number of ether oxygens (including phenoxy) is 2. The number of primary amides is 1. The molecule has 2 atom stereocenters. The largest absolute Gasteiger partial charge is 0.445 e. The Morgan fingerprint density at radius 1 is 1.32 bits per heavy atom. The Labute approximate surface area is 143 Å². The van der Waals surface area contributed by atoms with E-state index in [0.29, 0.717) is 24.4 Å². The Kier molecular flexibility index (Phi) is 4.13. The van der Waals surface area contributed by atoms with E-state index < -0.39 is 18.0 Å². The molecule has 0 fully saturated rings. The highest BCUT2D eigenvalue weighted by atomic mass is 16.5. The first-order valence-electron chi connectivity index (χ1n) is 7.89. The number of rotatable bonds is 4. The second-order valence-corrected chi connectivity index (χ2v) is 6.04. The molecule has 0 saturated carbocycles. The molecule has 1 aliphatic heterocycles. The van der Waals surface area contributed by atoms with Gasteiger partial charge in [-0.25, -0.2) is 4.79 Å². The molecule has 1 amide bonds. The van der Waals surface area contributed by atoms with E-state index in [1.807, 2.05) is 6.92 Å². The average molecular weight is 348 g/mol. The third-order valence-electron chi connectivity index (χ3n) is 4.60. The highest BCUT2D eigenvalue weighted by molar-refractivity contribution is 6.26. The fourth-order valence-electron chi connectivity index (χ4n) is 3.47. The van der Waals surface area contributed by atoms with Crippen LogP contribution in [-0.4, -0.2) is 34.9 Å². The van der Waals surface area contributed by atoms with E-state index in [4.69, 9.17) is 26.7 Å². The van der Waals surface area contributed by atoms with Crippen LogP contribution in [0.2, 0.25) is 0 Å². The summed E-state index contributed by atoms with van der Waals surface area (Å²) >= 11 is 0. The molecule has 0 unspecified atom stereocenters. The normalized spacial score (nSPS) is 22.2. The number of hydrogen-bond acceptors (Lipinski definition) is 7. The first-order valence-corrected chi connectivity index (χ1v) is 7.89. The van der Waals surface area contributed by atoms with Gasteiger partial charge in [0.1, 0.15) is 18.4 Å². The number of carbonyl (C=O) groups excluding carboxylic acids is 3. The van der Waals surface area contributed by atoms with Gasteiger partial charge in [-0.05, 0) is 13.8 Å². The molecule has 3 rings (SSSR count). The molecule has 1 aromatic heterocycles. The van der Waals surface area contributed by atoms with Gasteiger partial charge in [-0.3, -0.25) is 9.59 Å². The molecule has 2 heterocycles. The van der Waals surface area contributed by atoms with Crippen molar-refractivity contribution in [3.8, 4) is 0 Å². The van der Waals surface area contributed by atoms with Crippen molar-refractivity contribution in [1.29, 1.82) is 0 Å². The quantitative estimate of drug-likeness (QED) is 0.698. The zero-order valence-corrected chi connectivity index (χ0v) is 14.0. The number of carbonyl (C=O) groups is 3. The molecule has 0 radical (unpaired) electrons. The van der Waals surface area contributed by atoms with Crippen molar-refractivity contribution in [2.45, 2.75) is 39.1 Å². The van der Waals surface area contributed by atoms with Crippen molar-refractivity contribution in [2.24, 2.45) is 17.2 Å². The smallest absolute Gasteiger partial charge is 0.404 e. The zero-order valence-electron chi connectivity index (χ0n) is 14.0. The van der Waals surface area contributed by atoms with E-state index in [2.05, 4.69) is 0 Å². The fraction of sp³-hybridized carbons (Fsp3) is 0.438. The summed E-state index contributed by atoms with van der Waals surface area (Å²) in [5.41, 5.74) is 18.4. The molecular formula is C16H20N4O5. The molecule has 0 bridgehead atoms. The standard InChI is InChI=1S/C16H20N4O5/c1-3-24-15-8(17)4-20-11(15)7(5-25-16(19)23)9-12(20)13(21)6(2)10(18)14(9)22/h8,15H,3-5,17-18H2,1-2H3,(H2,19,23)/t8-,15-/m0/s1. The molecule has 9 heteroatoms. The molecule has 0 saturated heterocycles.